The number of hydrogen-bond donors (Lipinski definition) is 1. The first kappa shape index (κ1) is 20.1. The second kappa shape index (κ2) is 8.61. The highest BCUT2D eigenvalue weighted by Crippen LogP contribution is 2.30. The Morgan fingerprint density at radius 3 is 2.19 bits per heavy atom. The number of amides is 1. The van der Waals surface area contributed by atoms with Crippen LogP contribution in [-0.4, -0.2) is 31.7 Å². The Labute approximate surface area is 169 Å². The average Bonchev–Trinajstić information content (AvgIpc) is 2.95. The van der Waals surface area contributed by atoms with Crippen molar-refractivity contribution in [1.82, 2.24) is 4.31 Å². The van der Waals surface area contributed by atoms with Crippen molar-refractivity contribution in [3.05, 3.63) is 58.1 Å². The lowest BCUT2D eigenvalue weighted by Crippen LogP contribution is -2.31. The minimum atomic E-state index is -3.54. The van der Waals surface area contributed by atoms with E-state index in [2.05, 4.69) is 5.32 Å². The summed E-state index contributed by atoms with van der Waals surface area (Å²) in [4.78, 5) is 12.6. The number of nitrogens with zero attached hydrogens (tertiary/aromatic N) is 1. The summed E-state index contributed by atoms with van der Waals surface area (Å²) < 4.78 is 27.1. The van der Waals surface area contributed by atoms with Crippen LogP contribution in [0.4, 0.5) is 5.69 Å². The third-order valence-corrected chi connectivity index (χ3v) is 7.25. The maximum absolute atomic E-state index is 12.8. The van der Waals surface area contributed by atoms with Crippen molar-refractivity contribution in [2.75, 3.05) is 18.4 Å². The van der Waals surface area contributed by atoms with Crippen LogP contribution in [0.5, 0.6) is 0 Å². The summed E-state index contributed by atoms with van der Waals surface area (Å²) in [7, 11) is -3.54. The van der Waals surface area contributed by atoms with Gasteiger partial charge < -0.3 is 5.32 Å². The fourth-order valence-electron chi connectivity index (χ4n) is 3.00. The minimum Gasteiger partial charge on any atom is -0.321 e. The van der Waals surface area contributed by atoms with Crippen molar-refractivity contribution in [1.29, 1.82) is 0 Å². The fourth-order valence-corrected chi connectivity index (χ4v) is 4.87. The molecule has 144 valence electrons. The highest BCUT2D eigenvalue weighted by atomic mass is 35.5. The number of halogens is 2. The molecule has 27 heavy (non-hydrogen) atoms. The van der Waals surface area contributed by atoms with E-state index in [9.17, 15) is 13.2 Å². The molecule has 1 N–H and O–H groups in total. The van der Waals surface area contributed by atoms with Gasteiger partial charge in [-0.25, -0.2) is 8.42 Å². The van der Waals surface area contributed by atoms with Crippen LogP contribution in [-0.2, 0) is 10.0 Å². The van der Waals surface area contributed by atoms with Crippen molar-refractivity contribution in [2.24, 2.45) is 0 Å². The number of sulfonamides is 1. The standard InChI is InChI=1S/C19H20Cl2N2O3S/c20-16-6-5-7-17(18(16)21)22-19(24)14-8-10-15(11-9-14)27(25,26)23-12-3-1-2-4-13-23/h5-11H,1-4,12-13H2,(H,22,24). The highest BCUT2D eigenvalue weighted by molar-refractivity contribution is 7.89. The largest absolute Gasteiger partial charge is 0.321 e. The van der Waals surface area contributed by atoms with Gasteiger partial charge in [0.15, 0.2) is 0 Å². The van der Waals surface area contributed by atoms with E-state index < -0.39 is 15.9 Å². The van der Waals surface area contributed by atoms with Crippen molar-refractivity contribution < 1.29 is 13.2 Å². The van der Waals surface area contributed by atoms with Gasteiger partial charge >= 0.3 is 0 Å². The maximum atomic E-state index is 12.8. The van der Waals surface area contributed by atoms with E-state index >= 15 is 0 Å². The summed E-state index contributed by atoms with van der Waals surface area (Å²) in [5, 5.41) is 3.28. The molecule has 0 bridgehead atoms. The van der Waals surface area contributed by atoms with Gasteiger partial charge in [0, 0.05) is 18.7 Å². The summed E-state index contributed by atoms with van der Waals surface area (Å²) in [6.07, 6.45) is 3.86. The lowest BCUT2D eigenvalue weighted by atomic mass is 10.2. The van der Waals surface area contributed by atoms with E-state index in [1.807, 2.05) is 0 Å². The quantitative estimate of drug-likeness (QED) is 0.762. The third kappa shape index (κ3) is 4.63. The summed E-state index contributed by atoms with van der Waals surface area (Å²) >= 11 is 12.0. The van der Waals surface area contributed by atoms with Gasteiger partial charge in [0.2, 0.25) is 10.0 Å². The molecule has 3 rings (SSSR count). The zero-order valence-corrected chi connectivity index (χ0v) is 16.9. The second-order valence-electron chi connectivity index (χ2n) is 6.40. The van der Waals surface area contributed by atoms with E-state index in [0.717, 1.165) is 25.7 Å². The molecule has 0 spiro atoms. The second-order valence-corrected chi connectivity index (χ2v) is 9.12. The molecule has 1 saturated heterocycles. The van der Waals surface area contributed by atoms with Crippen molar-refractivity contribution in [2.45, 2.75) is 30.6 Å². The molecule has 0 aromatic heterocycles. The topological polar surface area (TPSA) is 66.5 Å². The van der Waals surface area contributed by atoms with E-state index in [1.54, 1.807) is 18.2 Å². The lowest BCUT2D eigenvalue weighted by molar-refractivity contribution is 0.102. The molecule has 0 saturated carbocycles. The molecule has 1 aliphatic heterocycles. The van der Waals surface area contributed by atoms with Crippen LogP contribution in [0.25, 0.3) is 0 Å². The summed E-state index contributed by atoms with van der Waals surface area (Å²) in [6.45, 7) is 1.08. The number of benzene rings is 2. The predicted octanol–water partition coefficient (Wildman–Crippen LogP) is 4.81. The summed E-state index contributed by atoms with van der Waals surface area (Å²) in [5.74, 6) is -0.391. The molecule has 0 aliphatic carbocycles. The molecular weight excluding hydrogens is 407 g/mol. The normalized spacial score (nSPS) is 15.9. The molecule has 2 aromatic carbocycles. The lowest BCUT2D eigenvalue weighted by Gasteiger charge is -2.20. The molecule has 1 aliphatic rings. The summed E-state index contributed by atoms with van der Waals surface area (Å²) in [6, 6.07) is 10.9. The molecule has 1 fully saturated rings. The first-order chi connectivity index (χ1) is 12.9. The molecule has 2 aromatic rings. The van der Waals surface area contributed by atoms with Gasteiger partial charge in [0.25, 0.3) is 5.91 Å². The number of carbonyl (C=O) groups is 1. The van der Waals surface area contributed by atoms with Gasteiger partial charge in [0.05, 0.1) is 20.6 Å². The van der Waals surface area contributed by atoms with Crippen LogP contribution in [0, 0.1) is 0 Å². The molecule has 1 heterocycles. The van der Waals surface area contributed by atoms with Gasteiger partial charge in [0.1, 0.15) is 0 Å². The minimum absolute atomic E-state index is 0.196. The Kier molecular flexibility index (Phi) is 6.42. The Morgan fingerprint density at radius 2 is 1.56 bits per heavy atom. The van der Waals surface area contributed by atoms with E-state index in [1.165, 1.54) is 28.6 Å². The fraction of sp³-hybridized carbons (Fsp3) is 0.316. The van der Waals surface area contributed by atoms with Gasteiger partial charge in [-0.05, 0) is 49.2 Å². The first-order valence-electron chi connectivity index (χ1n) is 8.75. The zero-order chi connectivity index (χ0) is 19.4. The molecule has 1 amide bonds. The van der Waals surface area contributed by atoms with Crippen LogP contribution in [0.1, 0.15) is 36.0 Å². The number of rotatable bonds is 4. The van der Waals surface area contributed by atoms with Gasteiger partial charge in [-0.2, -0.15) is 4.31 Å². The Balaban J connectivity index is 1.76. The smallest absolute Gasteiger partial charge is 0.255 e. The highest BCUT2D eigenvalue weighted by Gasteiger charge is 2.25. The number of nitrogens with one attached hydrogen (secondary N) is 1. The van der Waals surface area contributed by atoms with E-state index in [0.29, 0.717) is 29.4 Å². The average molecular weight is 427 g/mol. The Hall–Kier alpha value is -1.60. The SMILES string of the molecule is O=C(Nc1cccc(Cl)c1Cl)c1ccc(S(=O)(=O)N2CCCCCC2)cc1. The Bertz CT molecular complexity index is 922. The molecule has 8 heteroatoms. The van der Waals surface area contributed by atoms with Crippen LogP contribution in [0.3, 0.4) is 0 Å². The molecule has 0 unspecified atom stereocenters. The molecular formula is C19H20Cl2N2O3S. The van der Waals surface area contributed by atoms with Crippen molar-refractivity contribution in [3.8, 4) is 0 Å². The predicted molar refractivity (Wildman–Crippen MR) is 108 cm³/mol. The van der Waals surface area contributed by atoms with Crippen LogP contribution in [0.15, 0.2) is 47.4 Å². The molecule has 0 atom stereocenters. The van der Waals surface area contributed by atoms with Gasteiger partial charge in [-0.3, -0.25) is 4.79 Å². The molecule has 5 nitrogen and oxygen atoms in total. The molecule has 0 radical (unpaired) electrons. The van der Waals surface area contributed by atoms with Crippen LogP contribution in [0.2, 0.25) is 10.0 Å². The number of anilines is 1. The van der Waals surface area contributed by atoms with Crippen molar-refractivity contribution in [3.63, 3.8) is 0 Å². The zero-order valence-electron chi connectivity index (χ0n) is 14.6. The third-order valence-electron chi connectivity index (χ3n) is 4.52. The number of carbonyl (C=O) groups excluding carboxylic acids is 1. The summed E-state index contributed by atoms with van der Waals surface area (Å²) in [5.41, 5.74) is 0.733. The van der Waals surface area contributed by atoms with E-state index in [4.69, 9.17) is 23.2 Å². The first-order valence-corrected chi connectivity index (χ1v) is 10.9. The van der Waals surface area contributed by atoms with Gasteiger partial charge in [-0.15, -0.1) is 0 Å². The van der Waals surface area contributed by atoms with E-state index in [-0.39, 0.29) is 9.92 Å². The monoisotopic (exact) mass is 426 g/mol. The number of hydrogen-bond acceptors (Lipinski definition) is 3. The van der Waals surface area contributed by atoms with Gasteiger partial charge in [-0.1, -0.05) is 42.1 Å². The van der Waals surface area contributed by atoms with Crippen LogP contribution < -0.4 is 5.32 Å². The van der Waals surface area contributed by atoms with Crippen LogP contribution >= 0.6 is 23.2 Å². The Morgan fingerprint density at radius 1 is 0.926 bits per heavy atom. The maximum Gasteiger partial charge on any atom is 0.255 e. The van der Waals surface area contributed by atoms with Crippen molar-refractivity contribution >= 4 is 44.8 Å².